The van der Waals surface area contributed by atoms with Crippen LogP contribution in [0.25, 0.3) is 11.5 Å². The third-order valence-corrected chi connectivity index (χ3v) is 4.55. The molecule has 5 nitrogen and oxygen atoms in total. The number of hydrogen-bond acceptors (Lipinski definition) is 4. The molecule has 3 rings (SSSR count). The van der Waals surface area contributed by atoms with Gasteiger partial charge < -0.3 is 9.73 Å². The molecule has 0 aliphatic rings. The summed E-state index contributed by atoms with van der Waals surface area (Å²) >= 11 is 0. The average molecular weight is 363 g/mol. The lowest BCUT2D eigenvalue weighted by Crippen LogP contribution is -2.26. The SMILES string of the molecule is CCc1ccc([C@H](C)NC(=O)CCCc2nnc(-c3ccccc3)o2)cc1. The molecule has 0 aliphatic carbocycles. The average Bonchev–Trinajstić information content (AvgIpc) is 3.17. The number of carbonyl (C=O) groups excluding carboxylic acids is 1. The van der Waals surface area contributed by atoms with Crippen LogP contribution in [0, 0.1) is 0 Å². The van der Waals surface area contributed by atoms with Crippen molar-refractivity contribution < 1.29 is 9.21 Å². The summed E-state index contributed by atoms with van der Waals surface area (Å²) < 4.78 is 5.67. The van der Waals surface area contributed by atoms with E-state index in [1.54, 1.807) is 0 Å². The molecular weight excluding hydrogens is 338 g/mol. The van der Waals surface area contributed by atoms with Crippen molar-refractivity contribution in [2.45, 2.75) is 45.6 Å². The topological polar surface area (TPSA) is 68.0 Å². The van der Waals surface area contributed by atoms with Gasteiger partial charge in [-0.15, -0.1) is 10.2 Å². The first-order valence-corrected chi connectivity index (χ1v) is 9.41. The number of nitrogens with zero attached hydrogens (tertiary/aromatic N) is 2. The van der Waals surface area contributed by atoms with Crippen LogP contribution in [0.3, 0.4) is 0 Å². The fourth-order valence-corrected chi connectivity index (χ4v) is 2.89. The van der Waals surface area contributed by atoms with E-state index in [2.05, 4.69) is 46.7 Å². The van der Waals surface area contributed by atoms with Crippen molar-refractivity contribution in [3.63, 3.8) is 0 Å². The highest BCUT2D eigenvalue weighted by atomic mass is 16.4. The quantitative estimate of drug-likeness (QED) is 0.640. The van der Waals surface area contributed by atoms with Crippen LogP contribution < -0.4 is 5.32 Å². The molecule has 1 aromatic heterocycles. The molecule has 1 amide bonds. The van der Waals surface area contributed by atoms with Crippen molar-refractivity contribution in [2.24, 2.45) is 0 Å². The minimum Gasteiger partial charge on any atom is -0.421 e. The Kier molecular flexibility index (Phi) is 6.36. The molecule has 0 spiro atoms. The van der Waals surface area contributed by atoms with Crippen molar-refractivity contribution in [1.82, 2.24) is 15.5 Å². The molecule has 5 heteroatoms. The number of aromatic nitrogens is 2. The molecule has 0 saturated heterocycles. The summed E-state index contributed by atoms with van der Waals surface area (Å²) in [5.74, 6) is 1.11. The zero-order valence-electron chi connectivity index (χ0n) is 15.8. The van der Waals surface area contributed by atoms with Gasteiger partial charge in [0.2, 0.25) is 17.7 Å². The molecule has 0 fully saturated rings. The van der Waals surface area contributed by atoms with Crippen LogP contribution in [0.1, 0.15) is 49.7 Å². The van der Waals surface area contributed by atoms with E-state index in [-0.39, 0.29) is 11.9 Å². The van der Waals surface area contributed by atoms with Gasteiger partial charge in [-0.25, -0.2) is 0 Å². The van der Waals surface area contributed by atoms with E-state index in [0.717, 1.165) is 17.5 Å². The lowest BCUT2D eigenvalue weighted by atomic mass is 10.0. The minimum absolute atomic E-state index is 0.00325. The number of rotatable bonds is 8. The lowest BCUT2D eigenvalue weighted by molar-refractivity contribution is -0.121. The first-order chi connectivity index (χ1) is 13.2. The number of benzene rings is 2. The molecule has 1 heterocycles. The van der Waals surface area contributed by atoms with E-state index in [1.165, 1.54) is 5.56 Å². The van der Waals surface area contributed by atoms with Crippen molar-refractivity contribution in [3.05, 3.63) is 71.6 Å². The van der Waals surface area contributed by atoms with E-state index in [0.29, 0.717) is 31.0 Å². The maximum absolute atomic E-state index is 12.2. The van der Waals surface area contributed by atoms with Crippen molar-refractivity contribution in [2.75, 3.05) is 0 Å². The molecule has 1 atom stereocenters. The molecule has 0 bridgehead atoms. The summed E-state index contributed by atoms with van der Waals surface area (Å²) in [6.45, 7) is 4.13. The van der Waals surface area contributed by atoms with E-state index >= 15 is 0 Å². The zero-order valence-corrected chi connectivity index (χ0v) is 15.8. The summed E-state index contributed by atoms with van der Waals surface area (Å²) in [4.78, 5) is 12.2. The molecule has 2 aromatic carbocycles. The second-order valence-electron chi connectivity index (χ2n) is 6.60. The third-order valence-electron chi connectivity index (χ3n) is 4.55. The van der Waals surface area contributed by atoms with Crippen LogP contribution in [-0.4, -0.2) is 16.1 Å². The zero-order chi connectivity index (χ0) is 19.1. The van der Waals surface area contributed by atoms with Crippen LogP contribution >= 0.6 is 0 Å². The van der Waals surface area contributed by atoms with Crippen LogP contribution in [0.5, 0.6) is 0 Å². The highest BCUT2D eigenvalue weighted by Crippen LogP contribution is 2.18. The van der Waals surface area contributed by atoms with E-state index in [4.69, 9.17) is 4.42 Å². The first kappa shape index (κ1) is 18.8. The number of amides is 1. The Balaban J connectivity index is 1.44. The Morgan fingerprint density at radius 2 is 1.81 bits per heavy atom. The number of carbonyl (C=O) groups is 1. The number of nitrogens with one attached hydrogen (secondary N) is 1. The Labute approximate surface area is 159 Å². The van der Waals surface area contributed by atoms with Gasteiger partial charge in [-0.05, 0) is 43.0 Å². The largest absolute Gasteiger partial charge is 0.421 e. The second-order valence-corrected chi connectivity index (χ2v) is 6.60. The normalized spacial score (nSPS) is 11.9. The monoisotopic (exact) mass is 363 g/mol. The highest BCUT2D eigenvalue weighted by molar-refractivity contribution is 5.76. The maximum atomic E-state index is 12.2. The van der Waals surface area contributed by atoms with E-state index in [9.17, 15) is 4.79 Å². The van der Waals surface area contributed by atoms with Crippen LogP contribution in [0.2, 0.25) is 0 Å². The number of hydrogen-bond donors (Lipinski definition) is 1. The van der Waals surface area contributed by atoms with E-state index in [1.807, 2.05) is 37.3 Å². The smallest absolute Gasteiger partial charge is 0.247 e. The molecule has 140 valence electrons. The lowest BCUT2D eigenvalue weighted by Gasteiger charge is -2.14. The van der Waals surface area contributed by atoms with Gasteiger partial charge in [-0.3, -0.25) is 4.79 Å². The van der Waals surface area contributed by atoms with Crippen molar-refractivity contribution in [3.8, 4) is 11.5 Å². The standard InChI is InChI=1S/C22H25N3O2/c1-3-17-12-14-18(15-13-17)16(2)23-20(26)10-7-11-21-24-25-22(27-21)19-8-5-4-6-9-19/h4-6,8-9,12-16H,3,7,10-11H2,1-2H3,(H,23,26)/t16-/m0/s1. The molecule has 27 heavy (non-hydrogen) atoms. The molecule has 0 aliphatic heterocycles. The molecule has 0 unspecified atom stereocenters. The maximum Gasteiger partial charge on any atom is 0.247 e. The predicted molar refractivity (Wildman–Crippen MR) is 105 cm³/mol. The summed E-state index contributed by atoms with van der Waals surface area (Å²) in [5.41, 5.74) is 3.31. The third kappa shape index (κ3) is 5.26. The van der Waals surface area contributed by atoms with E-state index < -0.39 is 0 Å². The molecule has 3 aromatic rings. The van der Waals surface area contributed by atoms with Gasteiger partial charge in [0, 0.05) is 18.4 Å². The summed E-state index contributed by atoms with van der Waals surface area (Å²) in [6.07, 6.45) is 2.71. The van der Waals surface area contributed by atoms with Crippen LogP contribution in [0.4, 0.5) is 0 Å². The molecule has 1 N–H and O–H groups in total. The van der Waals surface area contributed by atoms with Gasteiger partial charge in [0.1, 0.15) is 0 Å². The fraction of sp³-hybridized carbons (Fsp3) is 0.318. The van der Waals surface area contributed by atoms with Gasteiger partial charge in [0.15, 0.2) is 0 Å². The Morgan fingerprint density at radius 1 is 1.07 bits per heavy atom. The minimum atomic E-state index is -0.00325. The summed E-state index contributed by atoms with van der Waals surface area (Å²) in [5, 5.41) is 11.2. The Bertz CT molecular complexity index is 857. The Hall–Kier alpha value is -2.95. The van der Waals surface area contributed by atoms with Gasteiger partial charge in [-0.2, -0.15) is 0 Å². The van der Waals surface area contributed by atoms with Crippen LogP contribution in [-0.2, 0) is 17.6 Å². The van der Waals surface area contributed by atoms with Gasteiger partial charge >= 0.3 is 0 Å². The van der Waals surface area contributed by atoms with Crippen LogP contribution in [0.15, 0.2) is 59.0 Å². The first-order valence-electron chi connectivity index (χ1n) is 9.41. The van der Waals surface area contributed by atoms with Gasteiger partial charge in [0.05, 0.1) is 6.04 Å². The summed E-state index contributed by atoms with van der Waals surface area (Å²) in [7, 11) is 0. The fourth-order valence-electron chi connectivity index (χ4n) is 2.89. The number of aryl methyl sites for hydroxylation is 2. The van der Waals surface area contributed by atoms with Gasteiger partial charge in [-0.1, -0.05) is 49.4 Å². The van der Waals surface area contributed by atoms with Gasteiger partial charge in [0.25, 0.3) is 0 Å². The second kappa shape index (κ2) is 9.12. The Morgan fingerprint density at radius 3 is 2.52 bits per heavy atom. The highest BCUT2D eigenvalue weighted by Gasteiger charge is 2.11. The van der Waals surface area contributed by atoms with Crippen molar-refractivity contribution in [1.29, 1.82) is 0 Å². The molecular formula is C22H25N3O2. The molecule has 0 radical (unpaired) electrons. The van der Waals surface area contributed by atoms with Crippen molar-refractivity contribution >= 4 is 5.91 Å². The predicted octanol–water partition coefficient (Wildman–Crippen LogP) is 4.50. The summed E-state index contributed by atoms with van der Waals surface area (Å²) in [6, 6.07) is 18.0. The molecule has 0 saturated carbocycles.